The van der Waals surface area contributed by atoms with Crippen LogP contribution in [-0.2, 0) is 38.0 Å². The van der Waals surface area contributed by atoms with E-state index < -0.39 is 142 Å². The smallest absolute Gasteiger partial charge is 0.217 e. The summed E-state index contributed by atoms with van der Waals surface area (Å²) in [4.78, 5) is 12.3. The third-order valence-corrected chi connectivity index (χ3v) is 8.53. The van der Waals surface area contributed by atoms with Gasteiger partial charge in [0, 0.05) is 6.92 Å². The van der Waals surface area contributed by atoms with Crippen LogP contribution in [0.3, 0.4) is 0 Å². The Labute approximate surface area is 262 Å². The number of hydrogen-bond acceptors (Lipinski definition) is 19. The Morgan fingerprint density at radius 1 is 0.565 bits per heavy atom. The monoisotopic (exact) mass is 675 g/mol. The Morgan fingerprint density at radius 2 is 1.04 bits per heavy atom. The van der Waals surface area contributed by atoms with Crippen LogP contribution in [0.5, 0.6) is 0 Å². The van der Waals surface area contributed by atoms with E-state index >= 15 is 0 Å². The number of amides is 1. The molecule has 0 saturated carbocycles. The molecule has 4 heterocycles. The van der Waals surface area contributed by atoms with Gasteiger partial charge in [0.15, 0.2) is 25.2 Å². The van der Waals surface area contributed by atoms with Crippen LogP contribution in [0.2, 0.25) is 0 Å². The van der Waals surface area contributed by atoms with Gasteiger partial charge >= 0.3 is 0 Å². The average Bonchev–Trinajstić information content (AvgIpc) is 3.01. The van der Waals surface area contributed by atoms with Gasteiger partial charge in [0.25, 0.3) is 0 Å². The third kappa shape index (κ3) is 7.64. The van der Waals surface area contributed by atoms with Crippen LogP contribution in [0, 0.1) is 0 Å². The zero-order chi connectivity index (χ0) is 34.2. The third-order valence-electron chi connectivity index (χ3n) is 8.53. The second kappa shape index (κ2) is 15.5. The number of nitrogens with one attached hydrogen (secondary N) is 1. The summed E-state index contributed by atoms with van der Waals surface area (Å²) in [5, 5.41) is 117. The summed E-state index contributed by atoms with van der Waals surface area (Å²) in [6, 6.07) is -1.51. The Hall–Kier alpha value is -1.25. The van der Waals surface area contributed by atoms with Crippen molar-refractivity contribution in [2.45, 2.75) is 144 Å². The van der Waals surface area contributed by atoms with Crippen molar-refractivity contribution in [2.75, 3.05) is 13.2 Å². The molecule has 12 N–H and O–H groups in total. The highest BCUT2D eigenvalue weighted by atomic mass is 16.8. The van der Waals surface area contributed by atoms with Gasteiger partial charge in [-0.15, -0.1) is 0 Å². The van der Waals surface area contributed by atoms with E-state index in [-0.39, 0.29) is 0 Å². The lowest BCUT2D eigenvalue weighted by molar-refractivity contribution is -0.385. The maximum atomic E-state index is 12.3. The molecule has 268 valence electrons. The van der Waals surface area contributed by atoms with E-state index in [2.05, 4.69) is 5.32 Å². The first kappa shape index (κ1) is 37.6. The Kier molecular flexibility index (Phi) is 12.7. The molecule has 0 aromatic rings. The molecular formula is C26H45NO19. The summed E-state index contributed by atoms with van der Waals surface area (Å²) in [5.41, 5.74) is 0. The number of rotatable bonds is 9. The van der Waals surface area contributed by atoms with Gasteiger partial charge in [0.05, 0.1) is 25.4 Å². The van der Waals surface area contributed by atoms with Crippen LogP contribution in [0.4, 0.5) is 0 Å². The minimum Gasteiger partial charge on any atom is -0.394 e. The van der Waals surface area contributed by atoms with Crippen molar-refractivity contribution in [3.63, 3.8) is 0 Å². The second-order valence-corrected chi connectivity index (χ2v) is 11.8. The van der Waals surface area contributed by atoms with Crippen LogP contribution in [0.1, 0.15) is 20.8 Å². The first-order valence-electron chi connectivity index (χ1n) is 14.8. The fourth-order valence-electron chi connectivity index (χ4n) is 5.81. The molecule has 20 heteroatoms. The topological polar surface area (TPSA) is 316 Å². The highest BCUT2D eigenvalue weighted by Crippen LogP contribution is 2.34. The molecule has 4 aliphatic heterocycles. The summed E-state index contributed by atoms with van der Waals surface area (Å²) in [6.07, 6.45) is -30.9. The second-order valence-electron chi connectivity index (χ2n) is 11.8. The van der Waals surface area contributed by atoms with Crippen molar-refractivity contribution in [2.24, 2.45) is 0 Å². The summed E-state index contributed by atoms with van der Waals surface area (Å²) in [7, 11) is 0. The quantitative estimate of drug-likeness (QED) is 0.108. The minimum absolute atomic E-state index is 0.706. The number of carbonyl (C=O) groups is 1. The van der Waals surface area contributed by atoms with Crippen molar-refractivity contribution in [1.29, 1.82) is 0 Å². The van der Waals surface area contributed by atoms with Gasteiger partial charge < -0.3 is 94.6 Å². The van der Waals surface area contributed by atoms with E-state index in [9.17, 15) is 61.0 Å². The van der Waals surface area contributed by atoms with Gasteiger partial charge in [-0.2, -0.15) is 0 Å². The molecule has 0 aromatic carbocycles. The highest BCUT2D eigenvalue weighted by molar-refractivity contribution is 5.73. The molecule has 0 aliphatic carbocycles. The molecule has 20 nitrogen and oxygen atoms in total. The molecule has 1 amide bonds. The molecule has 4 saturated heterocycles. The molecule has 0 spiro atoms. The van der Waals surface area contributed by atoms with Gasteiger partial charge in [0.2, 0.25) is 5.91 Å². The summed E-state index contributed by atoms with van der Waals surface area (Å²) in [5.74, 6) is -0.706. The zero-order valence-electron chi connectivity index (χ0n) is 25.1. The van der Waals surface area contributed by atoms with E-state index in [1.165, 1.54) is 13.8 Å². The molecule has 0 bridgehead atoms. The average molecular weight is 676 g/mol. The van der Waals surface area contributed by atoms with Crippen LogP contribution >= 0.6 is 0 Å². The lowest BCUT2D eigenvalue weighted by atomic mass is 9.94. The summed E-state index contributed by atoms with van der Waals surface area (Å²) < 4.78 is 39.4. The number of carbonyl (C=O) groups excluding carboxylic acids is 1. The maximum absolute atomic E-state index is 12.3. The van der Waals surface area contributed by atoms with E-state index in [0.717, 1.165) is 6.92 Å². The predicted octanol–water partition coefficient (Wildman–Crippen LogP) is -7.55. The number of aliphatic hydroxyl groups excluding tert-OH is 11. The molecule has 20 atom stereocenters. The fraction of sp³-hybridized carbons (Fsp3) is 0.962. The lowest BCUT2D eigenvalue weighted by Gasteiger charge is -2.50. The zero-order valence-corrected chi connectivity index (χ0v) is 25.1. The van der Waals surface area contributed by atoms with Gasteiger partial charge in [-0.25, -0.2) is 0 Å². The van der Waals surface area contributed by atoms with E-state index in [0.29, 0.717) is 0 Å². The highest BCUT2D eigenvalue weighted by Gasteiger charge is 2.55. The molecule has 4 rings (SSSR count). The fourth-order valence-corrected chi connectivity index (χ4v) is 5.81. The molecule has 0 radical (unpaired) electrons. The Bertz CT molecular complexity index is 995. The van der Waals surface area contributed by atoms with Crippen molar-refractivity contribution in [1.82, 2.24) is 5.32 Å². The molecule has 46 heavy (non-hydrogen) atoms. The van der Waals surface area contributed by atoms with Crippen LogP contribution in [0.25, 0.3) is 0 Å². The first-order valence-corrected chi connectivity index (χ1v) is 14.8. The Morgan fingerprint density at radius 3 is 1.63 bits per heavy atom. The SMILES string of the molecule is CC(=O)NC1[C@H](O[C@H]2C(O[C@H]3OC(CO)[C@@H](O)C(O)C3O)[C@@H](O)C(C)O[C@H]2O)OC(CO)[C@@H](O)[C@@H]1O[C@@H]1OC(C)[C@H](O)C(O)[C@@H]1O. The lowest BCUT2D eigenvalue weighted by Crippen LogP contribution is -2.70. The molecule has 4 fully saturated rings. The first-order chi connectivity index (χ1) is 21.6. The van der Waals surface area contributed by atoms with Crippen molar-refractivity contribution < 1.29 is 94.1 Å². The maximum Gasteiger partial charge on any atom is 0.217 e. The summed E-state index contributed by atoms with van der Waals surface area (Å²) in [6.45, 7) is 2.23. The predicted molar refractivity (Wildman–Crippen MR) is 143 cm³/mol. The molecular weight excluding hydrogens is 630 g/mol. The van der Waals surface area contributed by atoms with Gasteiger partial charge in [-0.1, -0.05) is 0 Å². The van der Waals surface area contributed by atoms with Crippen LogP contribution in [-0.4, -0.2) is 198 Å². The van der Waals surface area contributed by atoms with Gasteiger partial charge in [-0.05, 0) is 13.8 Å². The van der Waals surface area contributed by atoms with E-state index in [1.807, 2.05) is 0 Å². The largest absolute Gasteiger partial charge is 0.394 e. The standard InChI is InChI=1S/C26H45NO19/c1-6-12(31)16(35)18(37)25(41-6)44-20-11(27-8(3)30)24(42-10(5-29)15(20)34)46-22-21(13(32)7(2)40-23(22)39)45-26-19(38)17(36)14(33)9(4-28)43-26/h6-7,9-26,28-29,31-39H,4-5H2,1-3H3,(H,27,30)/t6?,7?,9?,10?,11?,12-,13-,14+,15+,16?,17?,18-,19?,20+,21?,22-,23+,24-,25-,26+/m0/s1. The van der Waals surface area contributed by atoms with Gasteiger partial charge in [-0.3, -0.25) is 4.79 Å². The van der Waals surface area contributed by atoms with Crippen molar-refractivity contribution in [3.8, 4) is 0 Å². The Balaban J connectivity index is 1.63. The van der Waals surface area contributed by atoms with E-state index in [4.69, 9.17) is 33.2 Å². The number of aliphatic hydroxyl groups is 11. The van der Waals surface area contributed by atoms with Crippen LogP contribution in [0.15, 0.2) is 0 Å². The molecule has 4 aliphatic rings. The minimum atomic E-state index is -1.90. The number of hydrogen-bond donors (Lipinski definition) is 12. The van der Waals surface area contributed by atoms with Gasteiger partial charge in [0.1, 0.15) is 85.4 Å². The van der Waals surface area contributed by atoms with E-state index in [1.54, 1.807) is 0 Å². The molecule has 9 unspecified atom stereocenters. The number of ether oxygens (including phenoxy) is 7. The summed E-state index contributed by atoms with van der Waals surface area (Å²) >= 11 is 0. The normalized spacial score (nSPS) is 51.9. The molecule has 0 aromatic heterocycles. The van der Waals surface area contributed by atoms with Crippen molar-refractivity contribution >= 4 is 5.91 Å². The van der Waals surface area contributed by atoms with Crippen molar-refractivity contribution in [3.05, 3.63) is 0 Å². The van der Waals surface area contributed by atoms with Crippen LogP contribution < -0.4 is 5.32 Å².